The molecule has 8 heteroatoms. The van der Waals surface area contributed by atoms with Crippen LogP contribution >= 0.6 is 0 Å². The van der Waals surface area contributed by atoms with E-state index in [4.69, 9.17) is 5.26 Å². The maximum absolute atomic E-state index is 12.6. The molecule has 2 aromatic rings. The van der Waals surface area contributed by atoms with Crippen LogP contribution < -0.4 is 0 Å². The molecule has 1 saturated heterocycles. The molecular weight excluding hydrogens is 369 g/mol. The number of alkyl halides is 3. The minimum absolute atomic E-state index is 0.161. The second kappa shape index (κ2) is 8.40. The quantitative estimate of drug-likeness (QED) is 0.809. The third-order valence-electron chi connectivity index (χ3n) is 4.67. The fourth-order valence-electron chi connectivity index (χ4n) is 3.15. The molecule has 1 aromatic carbocycles. The third kappa shape index (κ3) is 4.87. The zero-order valence-corrected chi connectivity index (χ0v) is 15.1. The van der Waals surface area contributed by atoms with E-state index < -0.39 is 11.9 Å². The lowest BCUT2D eigenvalue weighted by Gasteiger charge is -2.22. The Bertz CT molecular complexity index is 857. The first kappa shape index (κ1) is 19.8. The number of aromatic nitrogens is 1. The van der Waals surface area contributed by atoms with Crippen LogP contribution in [-0.2, 0) is 12.7 Å². The van der Waals surface area contributed by atoms with Crippen LogP contribution in [0.15, 0.2) is 42.6 Å². The molecule has 1 aliphatic rings. The minimum Gasteiger partial charge on any atom is -0.337 e. The van der Waals surface area contributed by atoms with Crippen molar-refractivity contribution >= 4 is 5.91 Å². The van der Waals surface area contributed by atoms with Gasteiger partial charge in [-0.25, -0.2) is 0 Å². The first-order chi connectivity index (χ1) is 13.4. The Morgan fingerprint density at radius 1 is 1.07 bits per heavy atom. The molecule has 1 aliphatic heterocycles. The second-order valence-corrected chi connectivity index (χ2v) is 6.66. The van der Waals surface area contributed by atoms with Crippen LogP contribution in [-0.4, -0.2) is 46.9 Å². The monoisotopic (exact) mass is 388 g/mol. The maximum atomic E-state index is 12.6. The molecule has 3 rings (SSSR count). The molecule has 0 radical (unpaired) electrons. The van der Waals surface area contributed by atoms with Gasteiger partial charge in [0.25, 0.3) is 5.91 Å². The normalized spacial score (nSPS) is 15.7. The lowest BCUT2D eigenvalue weighted by Crippen LogP contribution is -2.35. The molecule has 0 saturated carbocycles. The topological polar surface area (TPSA) is 60.2 Å². The summed E-state index contributed by atoms with van der Waals surface area (Å²) in [5.41, 5.74) is 0.856. The van der Waals surface area contributed by atoms with E-state index in [1.54, 1.807) is 17.0 Å². The predicted octanol–water partition coefficient (Wildman–Crippen LogP) is 3.32. The highest BCUT2D eigenvalue weighted by Gasteiger charge is 2.32. The average Bonchev–Trinajstić information content (AvgIpc) is 2.93. The molecule has 2 heterocycles. The Morgan fingerprint density at radius 3 is 2.43 bits per heavy atom. The van der Waals surface area contributed by atoms with Gasteiger partial charge >= 0.3 is 6.18 Å². The van der Waals surface area contributed by atoms with Crippen molar-refractivity contribution in [1.82, 2.24) is 14.8 Å². The Hall–Kier alpha value is -2.92. The number of nitrogens with zero attached hydrogens (tertiary/aromatic N) is 4. The molecular formula is C20H19F3N4O. The van der Waals surface area contributed by atoms with Crippen molar-refractivity contribution in [2.24, 2.45) is 0 Å². The van der Waals surface area contributed by atoms with Crippen molar-refractivity contribution in [1.29, 1.82) is 5.26 Å². The number of nitriles is 1. The number of benzene rings is 1. The third-order valence-corrected chi connectivity index (χ3v) is 4.67. The SMILES string of the molecule is N#Cc1ccc(CN2CCCN(C(=O)c3ccc(C(F)(F)F)nc3)CC2)cc1. The van der Waals surface area contributed by atoms with E-state index in [1.807, 2.05) is 12.1 Å². The van der Waals surface area contributed by atoms with Gasteiger partial charge in [0.1, 0.15) is 5.69 Å². The second-order valence-electron chi connectivity index (χ2n) is 6.66. The molecule has 0 unspecified atom stereocenters. The lowest BCUT2D eigenvalue weighted by atomic mass is 10.1. The predicted molar refractivity (Wildman–Crippen MR) is 96.2 cm³/mol. The molecule has 28 heavy (non-hydrogen) atoms. The summed E-state index contributed by atoms with van der Waals surface area (Å²) in [7, 11) is 0. The van der Waals surface area contributed by atoms with Crippen molar-refractivity contribution < 1.29 is 18.0 Å². The number of pyridine rings is 1. The van der Waals surface area contributed by atoms with E-state index in [9.17, 15) is 18.0 Å². The van der Waals surface area contributed by atoms with Crippen molar-refractivity contribution in [3.8, 4) is 6.07 Å². The van der Waals surface area contributed by atoms with E-state index >= 15 is 0 Å². The van der Waals surface area contributed by atoms with Gasteiger partial charge in [-0.3, -0.25) is 14.7 Å². The first-order valence-electron chi connectivity index (χ1n) is 8.91. The maximum Gasteiger partial charge on any atom is 0.433 e. The van der Waals surface area contributed by atoms with Gasteiger partial charge in [-0.2, -0.15) is 18.4 Å². The Labute approximate surface area is 161 Å². The highest BCUT2D eigenvalue weighted by Crippen LogP contribution is 2.27. The molecule has 0 bridgehead atoms. The van der Waals surface area contributed by atoms with Gasteiger partial charge < -0.3 is 4.90 Å². The van der Waals surface area contributed by atoms with Gasteiger partial charge in [-0.15, -0.1) is 0 Å². The molecule has 0 spiro atoms. The highest BCUT2D eigenvalue weighted by atomic mass is 19.4. The number of hydrogen-bond donors (Lipinski definition) is 0. The zero-order chi connectivity index (χ0) is 20.1. The van der Waals surface area contributed by atoms with Crippen molar-refractivity contribution in [3.63, 3.8) is 0 Å². The first-order valence-corrected chi connectivity index (χ1v) is 8.91. The van der Waals surface area contributed by atoms with Crippen LogP contribution in [0, 0.1) is 11.3 Å². The van der Waals surface area contributed by atoms with Gasteiger partial charge in [-0.05, 0) is 36.2 Å². The molecule has 1 fully saturated rings. The fraction of sp³-hybridized carbons (Fsp3) is 0.350. The van der Waals surface area contributed by atoms with E-state index in [1.165, 1.54) is 6.07 Å². The summed E-state index contributed by atoms with van der Waals surface area (Å²) < 4.78 is 37.8. The number of amides is 1. The van der Waals surface area contributed by atoms with Crippen LogP contribution in [0.2, 0.25) is 0 Å². The van der Waals surface area contributed by atoms with E-state index in [2.05, 4.69) is 16.0 Å². The molecule has 0 aliphatic carbocycles. The Kier molecular flexibility index (Phi) is 5.95. The van der Waals surface area contributed by atoms with Crippen molar-refractivity contribution in [2.75, 3.05) is 26.2 Å². The molecule has 1 aromatic heterocycles. The fourth-order valence-corrected chi connectivity index (χ4v) is 3.15. The molecule has 0 N–H and O–H groups in total. The van der Waals surface area contributed by atoms with E-state index in [-0.39, 0.29) is 11.5 Å². The Balaban J connectivity index is 1.59. The molecule has 1 amide bonds. The van der Waals surface area contributed by atoms with Crippen LogP contribution in [0.25, 0.3) is 0 Å². The van der Waals surface area contributed by atoms with Crippen molar-refractivity contribution in [2.45, 2.75) is 19.1 Å². The number of rotatable bonds is 3. The number of halogens is 3. The van der Waals surface area contributed by atoms with Gasteiger partial charge in [0.2, 0.25) is 0 Å². The van der Waals surface area contributed by atoms with E-state index in [0.717, 1.165) is 37.3 Å². The molecule has 5 nitrogen and oxygen atoms in total. The summed E-state index contributed by atoms with van der Waals surface area (Å²) in [5.74, 6) is -0.304. The van der Waals surface area contributed by atoms with Crippen LogP contribution in [0.5, 0.6) is 0 Å². The molecule has 146 valence electrons. The number of carbonyl (C=O) groups excluding carboxylic acids is 1. The summed E-state index contributed by atoms with van der Waals surface area (Å²) in [6, 6.07) is 11.5. The van der Waals surface area contributed by atoms with Crippen LogP contribution in [0.4, 0.5) is 13.2 Å². The standard InChI is InChI=1S/C20H19F3N4O/c21-20(22,23)18-7-6-17(13-25-18)19(28)27-9-1-8-26(10-11-27)14-16-4-2-15(12-24)3-5-16/h2-7,13H,1,8-11,14H2. The van der Waals surface area contributed by atoms with Crippen molar-refractivity contribution in [3.05, 3.63) is 65.0 Å². The highest BCUT2D eigenvalue weighted by molar-refractivity contribution is 5.93. The average molecular weight is 388 g/mol. The largest absolute Gasteiger partial charge is 0.433 e. The summed E-state index contributed by atoms with van der Waals surface area (Å²) >= 11 is 0. The van der Waals surface area contributed by atoms with Gasteiger partial charge in [0.05, 0.1) is 17.2 Å². The lowest BCUT2D eigenvalue weighted by molar-refractivity contribution is -0.141. The summed E-state index contributed by atoms with van der Waals surface area (Å²) in [6.45, 7) is 3.24. The molecule has 0 atom stereocenters. The summed E-state index contributed by atoms with van der Waals surface area (Å²) in [6.07, 6.45) is -2.75. The number of hydrogen-bond acceptors (Lipinski definition) is 4. The minimum atomic E-state index is -4.52. The smallest absolute Gasteiger partial charge is 0.337 e. The van der Waals surface area contributed by atoms with Gasteiger partial charge in [-0.1, -0.05) is 12.1 Å². The van der Waals surface area contributed by atoms with E-state index in [0.29, 0.717) is 25.2 Å². The summed E-state index contributed by atoms with van der Waals surface area (Å²) in [4.78, 5) is 19.9. The van der Waals surface area contributed by atoms with Gasteiger partial charge in [0.15, 0.2) is 0 Å². The van der Waals surface area contributed by atoms with Gasteiger partial charge in [0, 0.05) is 38.9 Å². The number of carbonyl (C=O) groups is 1. The Morgan fingerprint density at radius 2 is 1.82 bits per heavy atom. The van der Waals surface area contributed by atoms with Crippen LogP contribution in [0.3, 0.4) is 0 Å². The van der Waals surface area contributed by atoms with Crippen LogP contribution in [0.1, 0.15) is 33.6 Å². The zero-order valence-electron chi connectivity index (χ0n) is 15.1. The summed E-state index contributed by atoms with van der Waals surface area (Å²) in [5, 5.41) is 8.86.